The summed E-state index contributed by atoms with van der Waals surface area (Å²) in [6.07, 6.45) is 3.63. The molecule has 1 aromatic carbocycles. The van der Waals surface area contributed by atoms with Crippen molar-refractivity contribution in [1.29, 1.82) is 0 Å². The van der Waals surface area contributed by atoms with Crippen molar-refractivity contribution >= 4 is 23.3 Å². The Morgan fingerprint density at radius 3 is 2.79 bits per heavy atom. The van der Waals surface area contributed by atoms with Gasteiger partial charge in [-0.2, -0.15) is 5.10 Å². The van der Waals surface area contributed by atoms with E-state index in [2.05, 4.69) is 34.6 Å². The second-order valence-electron chi connectivity index (χ2n) is 8.23. The van der Waals surface area contributed by atoms with Crippen LogP contribution in [0.25, 0.3) is 0 Å². The van der Waals surface area contributed by atoms with Gasteiger partial charge in [-0.3, -0.25) is 15.0 Å². The van der Waals surface area contributed by atoms with Gasteiger partial charge in [0, 0.05) is 17.7 Å². The number of nitrogens with one attached hydrogen (secondary N) is 2. The lowest BCUT2D eigenvalue weighted by atomic mass is 9.85. The van der Waals surface area contributed by atoms with Crippen LogP contribution in [0.15, 0.2) is 29.4 Å². The van der Waals surface area contributed by atoms with E-state index in [9.17, 15) is 9.59 Å². The van der Waals surface area contributed by atoms with Crippen LogP contribution >= 0.6 is 0 Å². The Morgan fingerprint density at radius 2 is 2.07 bits per heavy atom. The van der Waals surface area contributed by atoms with Gasteiger partial charge in [0.05, 0.1) is 19.2 Å². The van der Waals surface area contributed by atoms with Crippen molar-refractivity contribution in [1.82, 2.24) is 15.2 Å². The summed E-state index contributed by atoms with van der Waals surface area (Å²) in [5.74, 6) is 1.58. The molecule has 0 aromatic heterocycles. The number of hydrogen-bond acceptors (Lipinski definition) is 6. The average Bonchev–Trinajstić information content (AvgIpc) is 3.17. The van der Waals surface area contributed by atoms with Crippen LogP contribution in [-0.2, 0) is 9.59 Å². The molecule has 3 atom stereocenters. The SMILES string of the molecule is COc1cccc(NC(=O)CN2C(=O)C3NN=C(C(C)C)N3C3CCCCC32)c1. The first-order valence-corrected chi connectivity index (χ1v) is 10.4. The fourth-order valence-electron chi connectivity index (χ4n) is 4.69. The molecule has 2 N–H and O–H groups in total. The number of benzene rings is 1. The summed E-state index contributed by atoms with van der Waals surface area (Å²) in [6.45, 7) is 4.23. The van der Waals surface area contributed by atoms with E-state index in [0.29, 0.717) is 11.4 Å². The number of ether oxygens (including phenoxy) is 1. The number of piperazine rings is 1. The first-order valence-electron chi connectivity index (χ1n) is 10.4. The zero-order chi connectivity index (χ0) is 20.5. The number of amidine groups is 1. The molecule has 8 heteroatoms. The normalized spacial score (nSPS) is 25.9. The summed E-state index contributed by atoms with van der Waals surface area (Å²) in [5.41, 5.74) is 3.67. The highest BCUT2D eigenvalue weighted by molar-refractivity contribution is 5.98. The molecule has 2 amide bonds. The monoisotopic (exact) mass is 399 g/mol. The summed E-state index contributed by atoms with van der Waals surface area (Å²) in [7, 11) is 1.59. The molecule has 29 heavy (non-hydrogen) atoms. The van der Waals surface area contributed by atoms with Crippen LogP contribution in [0.1, 0.15) is 39.5 Å². The third kappa shape index (κ3) is 3.63. The highest BCUT2D eigenvalue weighted by atomic mass is 16.5. The van der Waals surface area contributed by atoms with Crippen molar-refractivity contribution in [3.8, 4) is 5.75 Å². The van der Waals surface area contributed by atoms with Gasteiger partial charge < -0.3 is 19.9 Å². The van der Waals surface area contributed by atoms with Crippen LogP contribution in [0.3, 0.4) is 0 Å². The quantitative estimate of drug-likeness (QED) is 0.791. The zero-order valence-corrected chi connectivity index (χ0v) is 17.2. The van der Waals surface area contributed by atoms with Crippen molar-refractivity contribution in [2.24, 2.45) is 11.0 Å². The third-order valence-electron chi connectivity index (χ3n) is 6.00. The van der Waals surface area contributed by atoms with E-state index in [4.69, 9.17) is 4.74 Å². The minimum Gasteiger partial charge on any atom is -0.497 e. The van der Waals surface area contributed by atoms with Gasteiger partial charge in [0.2, 0.25) is 5.91 Å². The second-order valence-corrected chi connectivity index (χ2v) is 8.23. The van der Waals surface area contributed by atoms with Crippen molar-refractivity contribution in [3.05, 3.63) is 24.3 Å². The van der Waals surface area contributed by atoms with Crippen molar-refractivity contribution in [3.63, 3.8) is 0 Å². The minimum atomic E-state index is -0.503. The molecule has 3 unspecified atom stereocenters. The van der Waals surface area contributed by atoms with E-state index in [1.165, 1.54) is 0 Å². The molecular formula is C21H29N5O3. The Labute approximate surface area is 171 Å². The van der Waals surface area contributed by atoms with E-state index in [1.54, 1.807) is 18.1 Å². The van der Waals surface area contributed by atoms with Gasteiger partial charge in [0.1, 0.15) is 18.1 Å². The van der Waals surface area contributed by atoms with E-state index in [-0.39, 0.29) is 36.4 Å². The molecule has 0 spiro atoms. The maximum Gasteiger partial charge on any atom is 0.268 e. The van der Waals surface area contributed by atoms with Gasteiger partial charge in [0.25, 0.3) is 5.91 Å². The number of hydrogen-bond donors (Lipinski definition) is 2. The third-order valence-corrected chi connectivity index (χ3v) is 6.00. The van der Waals surface area contributed by atoms with E-state index in [1.807, 2.05) is 18.2 Å². The smallest absolute Gasteiger partial charge is 0.268 e. The molecule has 3 aliphatic rings. The van der Waals surface area contributed by atoms with Gasteiger partial charge in [0.15, 0.2) is 6.17 Å². The largest absolute Gasteiger partial charge is 0.497 e. The number of carbonyl (C=O) groups is 2. The first kappa shape index (κ1) is 19.5. The molecule has 1 saturated carbocycles. The van der Waals surface area contributed by atoms with Crippen LogP contribution < -0.4 is 15.5 Å². The lowest BCUT2D eigenvalue weighted by Crippen LogP contribution is -2.70. The highest BCUT2D eigenvalue weighted by Crippen LogP contribution is 2.35. The van der Waals surface area contributed by atoms with E-state index < -0.39 is 6.17 Å². The summed E-state index contributed by atoms with van der Waals surface area (Å²) < 4.78 is 5.21. The molecule has 8 nitrogen and oxygen atoms in total. The number of fused-ring (bicyclic) bond motifs is 3. The minimum absolute atomic E-state index is 0.0346. The van der Waals surface area contributed by atoms with E-state index >= 15 is 0 Å². The van der Waals surface area contributed by atoms with E-state index in [0.717, 1.165) is 31.5 Å². The number of nitrogens with zero attached hydrogens (tertiary/aromatic N) is 3. The van der Waals surface area contributed by atoms with Gasteiger partial charge in [-0.1, -0.05) is 32.8 Å². The Kier molecular flexibility index (Phi) is 5.34. The fraction of sp³-hybridized carbons (Fsp3) is 0.571. The maximum absolute atomic E-state index is 13.3. The van der Waals surface area contributed by atoms with Gasteiger partial charge in [-0.15, -0.1) is 0 Å². The van der Waals surface area contributed by atoms with Crippen LogP contribution in [0.5, 0.6) is 5.75 Å². The van der Waals surface area contributed by atoms with Crippen LogP contribution in [0.2, 0.25) is 0 Å². The molecule has 1 aromatic rings. The summed E-state index contributed by atoms with van der Waals surface area (Å²) in [4.78, 5) is 30.0. The lowest BCUT2D eigenvalue weighted by molar-refractivity contribution is -0.151. The molecule has 2 fully saturated rings. The number of rotatable bonds is 5. The van der Waals surface area contributed by atoms with Crippen molar-refractivity contribution < 1.29 is 14.3 Å². The molecule has 0 bridgehead atoms. The Balaban J connectivity index is 1.51. The average molecular weight is 399 g/mol. The molecule has 2 aliphatic heterocycles. The standard InChI is InChI=1S/C21H29N5O3/c1-13(2)19-23-24-20-21(28)25(16-9-4-5-10-17(16)26(19)20)12-18(27)22-14-7-6-8-15(11-14)29-3/h6-8,11,13,16-17,20,24H,4-5,9-10,12H2,1-3H3,(H,22,27). The number of carbonyl (C=O) groups excluding carboxylic acids is 2. The second kappa shape index (κ2) is 7.93. The zero-order valence-electron chi connectivity index (χ0n) is 17.2. The van der Waals surface area contributed by atoms with Gasteiger partial charge in [-0.05, 0) is 25.0 Å². The number of amides is 2. The van der Waals surface area contributed by atoms with Crippen LogP contribution in [0, 0.1) is 5.92 Å². The fourth-order valence-corrected chi connectivity index (χ4v) is 4.69. The molecule has 1 saturated heterocycles. The van der Waals surface area contributed by atoms with Crippen LogP contribution in [-0.4, -0.2) is 59.4 Å². The Morgan fingerprint density at radius 1 is 1.31 bits per heavy atom. The summed E-state index contributed by atoms with van der Waals surface area (Å²) in [5, 5.41) is 7.34. The molecule has 156 valence electrons. The first-order chi connectivity index (χ1) is 14.0. The van der Waals surface area contributed by atoms with Crippen molar-refractivity contribution in [2.75, 3.05) is 19.0 Å². The number of hydrazone groups is 1. The topological polar surface area (TPSA) is 86.3 Å². The molecular weight excluding hydrogens is 370 g/mol. The number of anilines is 1. The summed E-state index contributed by atoms with van der Waals surface area (Å²) >= 11 is 0. The molecule has 2 heterocycles. The number of methoxy groups -OCH3 is 1. The van der Waals surface area contributed by atoms with Gasteiger partial charge in [-0.25, -0.2) is 0 Å². The highest BCUT2D eigenvalue weighted by Gasteiger charge is 2.51. The molecule has 4 rings (SSSR count). The summed E-state index contributed by atoms with van der Waals surface area (Å²) in [6, 6.07) is 7.46. The lowest BCUT2D eigenvalue weighted by Gasteiger charge is -2.51. The van der Waals surface area contributed by atoms with Crippen LogP contribution in [0.4, 0.5) is 5.69 Å². The molecule has 1 aliphatic carbocycles. The Hall–Kier alpha value is -2.77. The molecule has 0 radical (unpaired) electrons. The Bertz CT molecular complexity index is 824. The van der Waals surface area contributed by atoms with Gasteiger partial charge >= 0.3 is 0 Å². The predicted octanol–water partition coefficient (Wildman–Crippen LogP) is 1.99. The van der Waals surface area contributed by atoms with Crippen molar-refractivity contribution in [2.45, 2.75) is 57.8 Å². The predicted molar refractivity (Wildman–Crippen MR) is 110 cm³/mol. The maximum atomic E-state index is 13.3.